The van der Waals surface area contributed by atoms with Gasteiger partial charge in [-0.05, 0) is 51.1 Å². The third-order valence-electron chi connectivity index (χ3n) is 4.43. The van der Waals surface area contributed by atoms with E-state index in [0.29, 0.717) is 44.0 Å². The second-order valence-corrected chi connectivity index (χ2v) is 7.57. The summed E-state index contributed by atoms with van der Waals surface area (Å²) in [6.07, 6.45) is 0. The predicted molar refractivity (Wildman–Crippen MR) is 116 cm³/mol. The number of anilines is 2. The number of carbonyl (C=O) groups excluding carboxylic acids is 1. The molecule has 0 fully saturated rings. The van der Waals surface area contributed by atoms with E-state index in [1.54, 1.807) is 28.9 Å². The highest BCUT2D eigenvalue weighted by molar-refractivity contribution is 6.42. The van der Waals surface area contributed by atoms with Crippen molar-refractivity contribution in [1.29, 1.82) is 0 Å². The SMILES string of the molecule is CC(=O)c1cccc(Nc2nc3cc(Cl)c(Cl)cc3nc2-n2nc(C)cc2C)c1. The van der Waals surface area contributed by atoms with Crippen LogP contribution >= 0.6 is 23.2 Å². The standard InChI is InChI=1S/C21H17Cl2N5O/c1-11-7-12(2)28(27-11)21-20(24-15-6-4-5-14(8-15)13(3)29)25-18-9-16(22)17(23)10-19(18)26-21/h4-10H,1-3H3,(H,24,25). The van der Waals surface area contributed by atoms with Crippen LogP contribution in [0.2, 0.25) is 10.0 Å². The maximum Gasteiger partial charge on any atom is 0.197 e. The minimum Gasteiger partial charge on any atom is -0.337 e. The fraction of sp³-hybridized carbons (Fsp3) is 0.143. The zero-order valence-corrected chi connectivity index (χ0v) is 17.5. The molecule has 0 aliphatic carbocycles. The number of fused-ring (bicyclic) bond motifs is 1. The van der Waals surface area contributed by atoms with Gasteiger partial charge < -0.3 is 5.32 Å². The molecule has 0 spiro atoms. The summed E-state index contributed by atoms with van der Waals surface area (Å²) in [6, 6.07) is 12.5. The Hall–Kier alpha value is -2.96. The van der Waals surface area contributed by atoms with Gasteiger partial charge in [0.25, 0.3) is 0 Å². The van der Waals surface area contributed by atoms with E-state index in [-0.39, 0.29) is 5.78 Å². The highest BCUT2D eigenvalue weighted by atomic mass is 35.5. The van der Waals surface area contributed by atoms with Crippen molar-refractivity contribution in [3.63, 3.8) is 0 Å². The van der Waals surface area contributed by atoms with Gasteiger partial charge >= 0.3 is 0 Å². The van der Waals surface area contributed by atoms with Crippen molar-refractivity contribution < 1.29 is 4.79 Å². The highest BCUT2D eigenvalue weighted by Gasteiger charge is 2.16. The lowest BCUT2D eigenvalue weighted by atomic mass is 10.1. The first-order chi connectivity index (χ1) is 13.8. The molecule has 4 rings (SSSR count). The van der Waals surface area contributed by atoms with Crippen molar-refractivity contribution in [1.82, 2.24) is 19.7 Å². The van der Waals surface area contributed by atoms with Crippen molar-refractivity contribution >= 4 is 51.5 Å². The molecular weight excluding hydrogens is 409 g/mol. The quantitative estimate of drug-likeness (QED) is 0.425. The zero-order chi connectivity index (χ0) is 20.7. The molecule has 2 aromatic carbocycles. The van der Waals surface area contributed by atoms with Gasteiger partial charge in [0.15, 0.2) is 17.4 Å². The Bertz CT molecular complexity index is 1270. The van der Waals surface area contributed by atoms with Gasteiger partial charge in [-0.2, -0.15) is 5.10 Å². The third-order valence-corrected chi connectivity index (χ3v) is 5.15. The monoisotopic (exact) mass is 425 g/mol. The van der Waals surface area contributed by atoms with Gasteiger partial charge in [-0.25, -0.2) is 14.6 Å². The van der Waals surface area contributed by atoms with E-state index < -0.39 is 0 Å². The highest BCUT2D eigenvalue weighted by Crippen LogP contribution is 2.30. The van der Waals surface area contributed by atoms with Crippen LogP contribution in [0, 0.1) is 13.8 Å². The number of benzene rings is 2. The van der Waals surface area contributed by atoms with Crippen molar-refractivity contribution in [3.05, 3.63) is 69.5 Å². The number of hydrogen-bond acceptors (Lipinski definition) is 5. The lowest BCUT2D eigenvalue weighted by Gasteiger charge is -2.14. The van der Waals surface area contributed by atoms with E-state index in [9.17, 15) is 4.79 Å². The molecule has 0 amide bonds. The maximum atomic E-state index is 11.7. The van der Waals surface area contributed by atoms with E-state index in [4.69, 9.17) is 33.2 Å². The normalized spacial score (nSPS) is 11.1. The fourth-order valence-electron chi connectivity index (χ4n) is 3.07. The molecule has 0 aliphatic rings. The van der Waals surface area contributed by atoms with Crippen LogP contribution in [-0.2, 0) is 0 Å². The Morgan fingerprint density at radius 2 is 1.69 bits per heavy atom. The van der Waals surface area contributed by atoms with Gasteiger partial charge in [0.2, 0.25) is 0 Å². The summed E-state index contributed by atoms with van der Waals surface area (Å²) in [4.78, 5) is 21.2. The first-order valence-electron chi connectivity index (χ1n) is 8.90. The number of hydrogen-bond donors (Lipinski definition) is 1. The summed E-state index contributed by atoms with van der Waals surface area (Å²) in [6.45, 7) is 5.39. The average molecular weight is 426 g/mol. The molecule has 8 heteroatoms. The van der Waals surface area contributed by atoms with Gasteiger partial charge in [-0.1, -0.05) is 35.3 Å². The minimum atomic E-state index is -0.0153. The Balaban J connectivity index is 1.91. The number of rotatable bonds is 4. The molecule has 0 bridgehead atoms. The Labute approximate surface area is 177 Å². The van der Waals surface area contributed by atoms with Crippen LogP contribution in [0.25, 0.3) is 16.9 Å². The molecule has 4 aromatic rings. The molecule has 29 heavy (non-hydrogen) atoms. The minimum absolute atomic E-state index is 0.0153. The summed E-state index contributed by atoms with van der Waals surface area (Å²) < 4.78 is 1.72. The first kappa shape index (κ1) is 19.4. The fourth-order valence-corrected chi connectivity index (χ4v) is 3.39. The number of aryl methyl sites for hydroxylation is 2. The number of nitrogens with zero attached hydrogens (tertiary/aromatic N) is 4. The van der Waals surface area contributed by atoms with Crippen molar-refractivity contribution in [3.8, 4) is 5.82 Å². The molecule has 0 saturated heterocycles. The molecular formula is C21H17Cl2N5O. The maximum absolute atomic E-state index is 11.7. The third kappa shape index (κ3) is 3.81. The van der Waals surface area contributed by atoms with Crippen molar-refractivity contribution in [2.75, 3.05) is 5.32 Å². The number of carbonyl (C=O) groups is 1. The second kappa shape index (κ2) is 7.46. The van der Waals surface area contributed by atoms with Crippen molar-refractivity contribution in [2.45, 2.75) is 20.8 Å². The van der Waals surface area contributed by atoms with Crippen LogP contribution in [0.15, 0.2) is 42.5 Å². The number of ketones is 1. The number of aromatic nitrogens is 4. The van der Waals surface area contributed by atoms with Gasteiger partial charge in [0.1, 0.15) is 0 Å². The van der Waals surface area contributed by atoms with Gasteiger partial charge in [0, 0.05) is 16.9 Å². The average Bonchev–Trinajstić information content (AvgIpc) is 3.01. The summed E-state index contributed by atoms with van der Waals surface area (Å²) in [5, 5.41) is 8.61. The molecule has 0 aliphatic heterocycles. The molecule has 2 heterocycles. The summed E-state index contributed by atoms with van der Waals surface area (Å²) >= 11 is 12.3. The molecule has 0 atom stereocenters. The number of Topliss-reactive ketones (excluding diaryl/α,β-unsaturated/α-hetero) is 1. The van der Waals surface area contributed by atoms with Crippen LogP contribution in [0.1, 0.15) is 28.7 Å². The summed E-state index contributed by atoms with van der Waals surface area (Å²) in [5.74, 6) is 0.996. The van der Waals surface area contributed by atoms with E-state index in [1.165, 1.54) is 6.92 Å². The van der Waals surface area contributed by atoms with Gasteiger partial charge in [-0.3, -0.25) is 4.79 Å². The molecule has 6 nitrogen and oxygen atoms in total. The zero-order valence-electron chi connectivity index (χ0n) is 16.0. The van der Waals surface area contributed by atoms with Crippen LogP contribution < -0.4 is 5.32 Å². The largest absolute Gasteiger partial charge is 0.337 e. The van der Waals surface area contributed by atoms with E-state index in [0.717, 1.165) is 11.4 Å². The van der Waals surface area contributed by atoms with Gasteiger partial charge in [0.05, 0.1) is 26.8 Å². The van der Waals surface area contributed by atoms with Crippen LogP contribution in [0.5, 0.6) is 0 Å². The van der Waals surface area contributed by atoms with E-state index >= 15 is 0 Å². The second-order valence-electron chi connectivity index (χ2n) is 6.75. The molecule has 0 saturated carbocycles. The summed E-state index contributed by atoms with van der Waals surface area (Å²) in [7, 11) is 0. The topological polar surface area (TPSA) is 72.7 Å². The van der Waals surface area contributed by atoms with E-state index in [1.807, 2.05) is 32.0 Å². The lowest BCUT2D eigenvalue weighted by molar-refractivity contribution is 0.101. The Morgan fingerprint density at radius 1 is 1.00 bits per heavy atom. The van der Waals surface area contributed by atoms with E-state index in [2.05, 4.69) is 10.4 Å². The Morgan fingerprint density at radius 3 is 2.31 bits per heavy atom. The molecule has 0 unspecified atom stereocenters. The molecule has 2 aromatic heterocycles. The summed E-state index contributed by atoms with van der Waals surface area (Å²) in [5.41, 5.74) is 4.29. The first-order valence-corrected chi connectivity index (χ1v) is 9.66. The number of nitrogens with one attached hydrogen (secondary N) is 1. The Kier molecular flexibility index (Phi) is 4.98. The predicted octanol–water partition coefficient (Wildman–Crippen LogP) is 5.69. The smallest absolute Gasteiger partial charge is 0.197 e. The van der Waals surface area contributed by atoms with Crippen LogP contribution in [0.4, 0.5) is 11.5 Å². The molecule has 146 valence electrons. The molecule has 1 N–H and O–H groups in total. The van der Waals surface area contributed by atoms with Gasteiger partial charge in [-0.15, -0.1) is 0 Å². The lowest BCUT2D eigenvalue weighted by Crippen LogP contribution is -2.09. The van der Waals surface area contributed by atoms with Crippen molar-refractivity contribution in [2.24, 2.45) is 0 Å². The van der Waals surface area contributed by atoms with Crippen LogP contribution in [0.3, 0.4) is 0 Å². The van der Waals surface area contributed by atoms with Crippen LogP contribution in [-0.4, -0.2) is 25.5 Å². The molecule has 0 radical (unpaired) electrons. The number of halogens is 2.